The first kappa shape index (κ1) is 22.7. The molecule has 5 rings (SSSR count). The van der Waals surface area contributed by atoms with E-state index < -0.39 is 22.1 Å². The van der Waals surface area contributed by atoms with E-state index in [0.717, 1.165) is 31.1 Å². The molecule has 0 radical (unpaired) electrons. The number of rotatable bonds is 7. The van der Waals surface area contributed by atoms with Crippen molar-refractivity contribution in [1.82, 2.24) is 15.0 Å². The second-order valence-corrected chi connectivity index (χ2v) is 10.6. The number of fused-ring (bicyclic) bond motifs is 1. The molecule has 0 bridgehead atoms. The van der Waals surface area contributed by atoms with E-state index in [1.165, 1.54) is 6.07 Å². The molecule has 1 aliphatic carbocycles. The predicted octanol–water partition coefficient (Wildman–Crippen LogP) is 3.90. The fourth-order valence-corrected chi connectivity index (χ4v) is 4.86. The first-order valence-corrected chi connectivity index (χ1v) is 12.8. The van der Waals surface area contributed by atoms with Crippen molar-refractivity contribution in [3.63, 3.8) is 0 Å². The number of carbonyl (C=O) groups is 1. The summed E-state index contributed by atoms with van der Waals surface area (Å²) in [4.78, 5) is 22.9. The molecule has 2 fully saturated rings. The molecule has 3 heterocycles. The van der Waals surface area contributed by atoms with Gasteiger partial charge >= 0.3 is 0 Å². The van der Waals surface area contributed by atoms with Crippen molar-refractivity contribution in [2.45, 2.75) is 36.5 Å². The van der Waals surface area contributed by atoms with Crippen LogP contribution in [0.25, 0.3) is 11.2 Å². The minimum atomic E-state index is -3.64. The number of aromatic nitrogens is 3. The molecule has 12 heteroatoms. The molecule has 1 atom stereocenters. The van der Waals surface area contributed by atoms with E-state index in [0.29, 0.717) is 13.2 Å². The highest BCUT2D eigenvalue weighted by Gasteiger charge is 2.30. The molecule has 3 aromatic rings. The first-order chi connectivity index (χ1) is 16.2. The Bertz CT molecular complexity index is 1370. The van der Waals surface area contributed by atoms with Gasteiger partial charge in [-0.3, -0.25) is 4.79 Å². The van der Waals surface area contributed by atoms with Gasteiger partial charge in [0.15, 0.2) is 21.3 Å². The topological polar surface area (TPSA) is 126 Å². The zero-order chi connectivity index (χ0) is 24.0. The van der Waals surface area contributed by atoms with Gasteiger partial charge in [0.05, 0.1) is 22.9 Å². The van der Waals surface area contributed by atoms with Crippen LogP contribution < -0.4 is 10.6 Å². The second kappa shape index (κ2) is 8.58. The van der Waals surface area contributed by atoms with Gasteiger partial charge in [-0.05, 0) is 37.0 Å². The largest absolute Gasteiger partial charge is 0.381 e. The lowest BCUT2D eigenvalue weighted by molar-refractivity contribution is -0.117. The van der Waals surface area contributed by atoms with Crippen LogP contribution in [-0.2, 0) is 19.4 Å². The molecule has 3 N–H and O–H groups in total. The van der Waals surface area contributed by atoms with Crippen LogP contribution in [-0.4, -0.2) is 48.7 Å². The van der Waals surface area contributed by atoms with Crippen molar-refractivity contribution in [3.8, 4) is 0 Å². The van der Waals surface area contributed by atoms with Gasteiger partial charge in [0, 0.05) is 30.8 Å². The van der Waals surface area contributed by atoms with Crippen molar-refractivity contribution >= 4 is 44.1 Å². The summed E-state index contributed by atoms with van der Waals surface area (Å²) in [5.74, 6) is -0.609. The zero-order valence-electron chi connectivity index (χ0n) is 18.3. The predicted molar refractivity (Wildman–Crippen MR) is 121 cm³/mol. The summed E-state index contributed by atoms with van der Waals surface area (Å²) in [5.41, 5.74) is 1.50. The van der Waals surface area contributed by atoms with Crippen LogP contribution in [0.1, 0.15) is 43.0 Å². The molecule has 2 aliphatic rings. The van der Waals surface area contributed by atoms with Crippen LogP contribution in [0, 0.1) is 5.92 Å². The van der Waals surface area contributed by atoms with E-state index in [4.69, 9.17) is 4.74 Å². The Hall–Kier alpha value is -3.12. The highest BCUT2D eigenvalue weighted by molar-refractivity contribution is 7.90. The third-order valence-electron chi connectivity index (χ3n) is 5.95. The second-order valence-electron chi connectivity index (χ2n) is 8.65. The Morgan fingerprint density at radius 2 is 1.97 bits per heavy atom. The third-order valence-corrected chi connectivity index (χ3v) is 7.09. The van der Waals surface area contributed by atoms with Crippen LogP contribution in [0.15, 0.2) is 29.2 Å². The fourth-order valence-electron chi connectivity index (χ4n) is 3.99. The highest BCUT2D eigenvalue weighted by atomic mass is 32.2. The summed E-state index contributed by atoms with van der Waals surface area (Å²) in [6.45, 7) is 1.14. The number of alkyl halides is 2. The maximum atomic E-state index is 13.3. The molecule has 0 spiro atoms. The number of hydrogen-bond donors (Lipinski definition) is 3. The number of nitrogens with one attached hydrogen (secondary N) is 3. The van der Waals surface area contributed by atoms with Crippen LogP contribution in [0.3, 0.4) is 0 Å². The van der Waals surface area contributed by atoms with Gasteiger partial charge in [0.1, 0.15) is 11.3 Å². The average molecular weight is 492 g/mol. The molecule has 34 heavy (non-hydrogen) atoms. The summed E-state index contributed by atoms with van der Waals surface area (Å²) >= 11 is 0. The number of benzene rings is 1. The number of anilines is 3. The van der Waals surface area contributed by atoms with E-state index in [9.17, 15) is 22.0 Å². The Kier molecular flexibility index (Phi) is 5.72. The van der Waals surface area contributed by atoms with Crippen molar-refractivity contribution in [2.24, 2.45) is 5.92 Å². The van der Waals surface area contributed by atoms with Gasteiger partial charge in [-0.2, -0.15) is 0 Å². The van der Waals surface area contributed by atoms with Crippen LogP contribution in [0.5, 0.6) is 0 Å². The molecule has 180 valence electrons. The van der Waals surface area contributed by atoms with Crippen molar-refractivity contribution < 1.29 is 26.7 Å². The molecule has 0 unspecified atom stereocenters. The number of ether oxygens (including phenoxy) is 1. The molecule has 9 nitrogen and oxygen atoms in total. The smallest absolute Gasteiger partial charge is 0.295 e. The molecular formula is C22H23F2N5O4S. The van der Waals surface area contributed by atoms with Crippen LogP contribution >= 0.6 is 0 Å². The van der Waals surface area contributed by atoms with Crippen molar-refractivity contribution in [1.29, 1.82) is 0 Å². The summed E-state index contributed by atoms with van der Waals surface area (Å²) in [6.07, 6.45) is 0.624. The molecule has 2 aromatic heterocycles. The maximum absolute atomic E-state index is 13.3. The Morgan fingerprint density at radius 3 is 2.62 bits per heavy atom. The number of pyridine rings is 1. The third kappa shape index (κ3) is 4.60. The summed E-state index contributed by atoms with van der Waals surface area (Å²) in [5, 5.41) is 5.72. The SMILES string of the molecule is CS(=O)(=O)c1cc([C@@H]2CCOC2)ccc1Nc1cc(NC(=O)C2CC2)nc2[nH]c(C(F)F)nc12. The number of nitrogens with zero attached hydrogens (tertiary/aromatic N) is 2. The minimum absolute atomic E-state index is 0.0482. The Balaban J connectivity index is 1.57. The fraction of sp³-hybridized carbons (Fsp3) is 0.409. The minimum Gasteiger partial charge on any atom is -0.381 e. The van der Waals surface area contributed by atoms with Crippen LogP contribution in [0.2, 0.25) is 0 Å². The number of H-pyrrole nitrogens is 1. The molecule has 1 saturated carbocycles. The average Bonchev–Trinajstić information content (AvgIpc) is 3.30. The Labute approximate surface area is 194 Å². The monoisotopic (exact) mass is 491 g/mol. The van der Waals surface area contributed by atoms with Gasteiger partial charge in [-0.25, -0.2) is 27.2 Å². The number of imidazole rings is 1. The van der Waals surface area contributed by atoms with E-state index in [-0.39, 0.29) is 51.0 Å². The van der Waals surface area contributed by atoms with E-state index in [1.807, 2.05) is 6.07 Å². The van der Waals surface area contributed by atoms with Crippen LogP contribution in [0.4, 0.5) is 26.0 Å². The van der Waals surface area contributed by atoms with Gasteiger partial charge in [0.25, 0.3) is 6.43 Å². The summed E-state index contributed by atoms with van der Waals surface area (Å²) < 4.78 is 57.2. The van der Waals surface area contributed by atoms with Crippen molar-refractivity contribution in [3.05, 3.63) is 35.7 Å². The quantitative estimate of drug-likeness (QED) is 0.458. The van der Waals surface area contributed by atoms with Gasteiger partial charge < -0.3 is 20.4 Å². The lowest BCUT2D eigenvalue weighted by Gasteiger charge is -2.16. The Morgan fingerprint density at radius 1 is 1.18 bits per heavy atom. The number of amides is 1. The van der Waals surface area contributed by atoms with Gasteiger partial charge in [0.2, 0.25) is 5.91 Å². The number of aromatic amines is 1. The lowest BCUT2D eigenvalue weighted by Crippen LogP contribution is -2.14. The molecule has 1 aromatic carbocycles. The van der Waals surface area contributed by atoms with E-state index in [1.54, 1.807) is 12.1 Å². The molecule has 1 amide bonds. The maximum Gasteiger partial charge on any atom is 0.295 e. The summed E-state index contributed by atoms with van der Waals surface area (Å²) in [7, 11) is -3.64. The van der Waals surface area contributed by atoms with Crippen molar-refractivity contribution in [2.75, 3.05) is 30.1 Å². The number of carbonyl (C=O) groups excluding carboxylic acids is 1. The standard InChI is InChI=1S/C22H23F2N5O4S/c1-34(31,32)16-8-12(13-6-7-33-10-13)4-5-14(16)25-15-9-17(27-22(30)11-2-3-11)26-20-18(15)28-21(29-20)19(23)24/h4-5,8-9,11,13,19H,2-3,6-7,10H2,1H3,(H3,25,26,27,28,29,30)/t13-/m1/s1. The van der Waals surface area contributed by atoms with Gasteiger partial charge in [-0.15, -0.1) is 0 Å². The number of sulfone groups is 1. The molecule has 1 aliphatic heterocycles. The van der Waals surface area contributed by atoms with E-state index >= 15 is 0 Å². The first-order valence-electron chi connectivity index (χ1n) is 10.9. The summed E-state index contributed by atoms with van der Waals surface area (Å²) in [6, 6.07) is 6.53. The molecule has 1 saturated heterocycles. The normalized spacial score (nSPS) is 18.5. The highest BCUT2D eigenvalue weighted by Crippen LogP contribution is 2.35. The van der Waals surface area contributed by atoms with E-state index in [2.05, 4.69) is 25.6 Å². The zero-order valence-corrected chi connectivity index (χ0v) is 19.1. The number of hydrogen-bond acceptors (Lipinski definition) is 7. The lowest BCUT2D eigenvalue weighted by atomic mass is 9.98. The number of halogens is 2. The van der Waals surface area contributed by atoms with Gasteiger partial charge in [-0.1, -0.05) is 6.07 Å². The molecular weight excluding hydrogens is 468 g/mol.